The lowest BCUT2D eigenvalue weighted by atomic mass is 10.2. The van der Waals surface area contributed by atoms with Gasteiger partial charge in [0.1, 0.15) is 5.69 Å². The number of hydrogen-bond acceptors (Lipinski definition) is 6. The topological polar surface area (TPSA) is 133 Å². The highest BCUT2D eigenvalue weighted by Crippen LogP contribution is 2.29. The van der Waals surface area contributed by atoms with E-state index in [1.54, 1.807) is 11.9 Å². The summed E-state index contributed by atoms with van der Waals surface area (Å²) in [6.45, 7) is 0.736. The second kappa shape index (κ2) is 5.29. The van der Waals surface area contributed by atoms with Crippen LogP contribution in [-0.4, -0.2) is 33.5 Å². The van der Waals surface area contributed by atoms with Crippen molar-refractivity contribution in [3.8, 4) is 0 Å². The van der Waals surface area contributed by atoms with Crippen LogP contribution in [0.5, 0.6) is 0 Å². The van der Waals surface area contributed by atoms with Crippen molar-refractivity contribution in [1.82, 2.24) is 0 Å². The number of sulfonamides is 1. The second-order valence-corrected chi connectivity index (χ2v) is 5.22. The molecular formula is C9H14N4O4S. The third kappa shape index (κ3) is 3.15. The van der Waals surface area contributed by atoms with Crippen LogP contribution in [0.4, 0.5) is 11.4 Å². The molecule has 0 atom stereocenters. The Morgan fingerprint density at radius 1 is 1.44 bits per heavy atom. The zero-order chi connectivity index (χ0) is 13.9. The minimum Gasteiger partial charge on any atom is -0.368 e. The number of benzene rings is 1. The molecule has 18 heavy (non-hydrogen) atoms. The van der Waals surface area contributed by atoms with Crippen LogP contribution < -0.4 is 15.8 Å². The Balaban J connectivity index is 3.34. The summed E-state index contributed by atoms with van der Waals surface area (Å²) < 4.78 is 22.3. The minimum absolute atomic E-state index is 0.290. The Morgan fingerprint density at radius 2 is 2.06 bits per heavy atom. The van der Waals surface area contributed by atoms with Crippen LogP contribution in [0.25, 0.3) is 0 Å². The van der Waals surface area contributed by atoms with Gasteiger partial charge in [-0.3, -0.25) is 10.1 Å². The van der Waals surface area contributed by atoms with E-state index in [1.807, 2.05) is 0 Å². The molecule has 1 aromatic carbocycles. The number of likely N-dealkylation sites (N-methyl/N-ethyl adjacent to an activating group) is 1. The molecule has 1 aromatic rings. The van der Waals surface area contributed by atoms with E-state index in [9.17, 15) is 18.5 Å². The van der Waals surface area contributed by atoms with Gasteiger partial charge >= 0.3 is 0 Å². The van der Waals surface area contributed by atoms with Crippen molar-refractivity contribution < 1.29 is 13.3 Å². The molecule has 1 rings (SSSR count). The number of primary sulfonamides is 1. The summed E-state index contributed by atoms with van der Waals surface area (Å²) in [6, 6.07) is 3.51. The number of nitro benzene ring substituents is 1. The average molecular weight is 274 g/mol. The maximum absolute atomic E-state index is 11.1. The maximum atomic E-state index is 11.1. The molecule has 0 amide bonds. The molecule has 4 N–H and O–H groups in total. The number of nitrogens with zero attached hydrogens (tertiary/aromatic N) is 2. The van der Waals surface area contributed by atoms with Crippen LogP contribution in [0.1, 0.15) is 0 Å². The Kier molecular flexibility index (Phi) is 4.22. The molecule has 0 spiro atoms. The van der Waals surface area contributed by atoms with Crippen LogP contribution in [0.15, 0.2) is 23.1 Å². The van der Waals surface area contributed by atoms with Gasteiger partial charge in [-0.05, 0) is 12.1 Å². The lowest BCUT2D eigenvalue weighted by molar-refractivity contribution is -0.384. The van der Waals surface area contributed by atoms with Gasteiger partial charge in [0.05, 0.1) is 9.82 Å². The van der Waals surface area contributed by atoms with Crippen LogP contribution in [0.3, 0.4) is 0 Å². The monoisotopic (exact) mass is 274 g/mol. The molecule has 9 heteroatoms. The highest BCUT2D eigenvalue weighted by molar-refractivity contribution is 7.89. The molecule has 0 fully saturated rings. The first-order valence-electron chi connectivity index (χ1n) is 5.00. The number of hydrogen-bond donors (Lipinski definition) is 2. The maximum Gasteiger partial charge on any atom is 0.293 e. The lowest BCUT2D eigenvalue weighted by Crippen LogP contribution is -2.25. The fourth-order valence-electron chi connectivity index (χ4n) is 1.46. The lowest BCUT2D eigenvalue weighted by Gasteiger charge is -2.18. The predicted molar refractivity (Wildman–Crippen MR) is 66.8 cm³/mol. The van der Waals surface area contributed by atoms with Crippen molar-refractivity contribution in [2.75, 3.05) is 25.0 Å². The predicted octanol–water partition coefficient (Wildman–Crippen LogP) is -0.363. The van der Waals surface area contributed by atoms with Crippen LogP contribution in [0.2, 0.25) is 0 Å². The number of anilines is 1. The summed E-state index contributed by atoms with van der Waals surface area (Å²) in [6.07, 6.45) is 0. The molecule has 100 valence electrons. The summed E-state index contributed by atoms with van der Waals surface area (Å²) in [5.41, 5.74) is 5.33. The quantitative estimate of drug-likeness (QED) is 0.556. The molecular weight excluding hydrogens is 260 g/mol. The first-order chi connectivity index (χ1) is 8.27. The Bertz CT molecular complexity index is 558. The van der Waals surface area contributed by atoms with E-state index in [1.165, 1.54) is 12.1 Å². The molecule has 0 radical (unpaired) electrons. The molecule has 0 aliphatic rings. The van der Waals surface area contributed by atoms with Crippen molar-refractivity contribution in [3.63, 3.8) is 0 Å². The highest BCUT2D eigenvalue weighted by Gasteiger charge is 2.20. The molecule has 0 aliphatic heterocycles. The number of rotatable bonds is 5. The van der Waals surface area contributed by atoms with Gasteiger partial charge in [0, 0.05) is 26.2 Å². The standard InChI is InChI=1S/C9H14N4O4S/c1-12(5-4-10)8-3-2-7(18(11,16)17)6-9(8)13(14)15/h2-3,6H,4-5,10H2,1H3,(H2,11,16,17). The molecule has 0 saturated carbocycles. The van der Waals surface area contributed by atoms with Crippen molar-refractivity contribution in [2.45, 2.75) is 4.90 Å². The van der Waals surface area contributed by atoms with Gasteiger partial charge in [0.2, 0.25) is 10.0 Å². The zero-order valence-corrected chi connectivity index (χ0v) is 10.6. The van der Waals surface area contributed by atoms with Crippen LogP contribution >= 0.6 is 0 Å². The first kappa shape index (κ1) is 14.4. The molecule has 0 aliphatic carbocycles. The zero-order valence-electron chi connectivity index (χ0n) is 9.74. The van der Waals surface area contributed by atoms with E-state index in [4.69, 9.17) is 10.9 Å². The fraction of sp³-hybridized carbons (Fsp3) is 0.333. The van der Waals surface area contributed by atoms with Crippen molar-refractivity contribution in [1.29, 1.82) is 0 Å². The van der Waals surface area contributed by atoms with E-state index in [0.29, 0.717) is 13.1 Å². The average Bonchev–Trinajstić information content (AvgIpc) is 2.27. The van der Waals surface area contributed by atoms with E-state index < -0.39 is 14.9 Å². The number of nitrogens with two attached hydrogens (primary N) is 2. The number of nitro groups is 1. The molecule has 0 aromatic heterocycles. The smallest absolute Gasteiger partial charge is 0.293 e. The summed E-state index contributed by atoms with van der Waals surface area (Å²) in [5.74, 6) is 0. The van der Waals surface area contributed by atoms with Gasteiger partial charge < -0.3 is 10.6 Å². The summed E-state index contributed by atoms with van der Waals surface area (Å²) in [4.78, 5) is 11.5. The van der Waals surface area contributed by atoms with Crippen LogP contribution in [-0.2, 0) is 10.0 Å². The summed E-state index contributed by atoms with van der Waals surface area (Å²) in [7, 11) is -2.33. The van der Waals surface area contributed by atoms with Gasteiger partial charge in [0.25, 0.3) is 5.69 Å². The van der Waals surface area contributed by atoms with Crippen molar-refractivity contribution in [3.05, 3.63) is 28.3 Å². The van der Waals surface area contributed by atoms with E-state index >= 15 is 0 Å². The third-order valence-corrected chi connectivity index (χ3v) is 3.26. The molecule has 0 bridgehead atoms. The highest BCUT2D eigenvalue weighted by atomic mass is 32.2. The second-order valence-electron chi connectivity index (χ2n) is 3.66. The Morgan fingerprint density at radius 3 is 2.50 bits per heavy atom. The molecule has 0 heterocycles. The van der Waals surface area contributed by atoms with Gasteiger partial charge in [-0.15, -0.1) is 0 Å². The van der Waals surface area contributed by atoms with E-state index in [0.717, 1.165) is 6.07 Å². The first-order valence-corrected chi connectivity index (χ1v) is 6.54. The SMILES string of the molecule is CN(CCN)c1ccc(S(N)(=O)=O)cc1[N+](=O)[O-]. The Hall–Kier alpha value is -1.71. The Labute approximate surface area is 104 Å². The van der Waals surface area contributed by atoms with Gasteiger partial charge in [-0.25, -0.2) is 13.6 Å². The molecule has 8 nitrogen and oxygen atoms in total. The normalized spacial score (nSPS) is 11.3. The van der Waals surface area contributed by atoms with Crippen molar-refractivity contribution >= 4 is 21.4 Å². The third-order valence-electron chi connectivity index (χ3n) is 2.35. The largest absolute Gasteiger partial charge is 0.368 e. The van der Waals surface area contributed by atoms with E-state index in [2.05, 4.69) is 0 Å². The summed E-state index contributed by atoms with van der Waals surface area (Å²) >= 11 is 0. The van der Waals surface area contributed by atoms with E-state index in [-0.39, 0.29) is 16.3 Å². The van der Waals surface area contributed by atoms with Crippen molar-refractivity contribution in [2.24, 2.45) is 10.9 Å². The van der Waals surface area contributed by atoms with Gasteiger partial charge in [-0.2, -0.15) is 0 Å². The van der Waals surface area contributed by atoms with Crippen LogP contribution in [0, 0.1) is 10.1 Å². The fourth-order valence-corrected chi connectivity index (χ4v) is 2.00. The minimum atomic E-state index is -3.96. The van der Waals surface area contributed by atoms with Gasteiger partial charge in [0.15, 0.2) is 0 Å². The summed E-state index contributed by atoms with van der Waals surface area (Å²) in [5, 5.41) is 15.8. The molecule has 0 unspecified atom stereocenters. The van der Waals surface area contributed by atoms with Gasteiger partial charge in [-0.1, -0.05) is 0 Å². The molecule has 0 saturated heterocycles.